The lowest BCUT2D eigenvalue weighted by Crippen LogP contribution is -2.29. The number of nitrogens with one attached hydrogen (secondary N) is 2. The van der Waals surface area contributed by atoms with E-state index in [1.54, 1.807) is 29.7 Å². The largest absolute Gasteiger partial charge is 0.417 e. The lowest BCUT2D eigenvalue weighted by molar-refractivity contribution is -0.137. The summed E-state index contributed by atoms with van der Waals surface area (Å²) in [5.41, 5.74) is 0.592. The van der Waals surface area contributed by atoms with Crippen molar-refractivity contribution in [2.45, 2.75) is 52.9 Å². The molecule has 0 bridgehead atoms. The molecule has 2 heterocycles. The number of carbonyl (C=O) groups is 1. The van der Waals surface area contributed by atoms with Gasteiger partial charge in [-0.1, -0.05) is 20.8 Å². The van der Waals surface area contributed by atoms with Crippen molar-refractivity contribution in [3.8, 4) is 0 Å². The quantitative estimate of drug-likeness (QED) is 0.617. The van der Waals surface area contributed by atoms with Gasteiger partial charge in [0, 0.05) is 17.8 Å². The van der Waals surface area contributed by atoms with Gasteiger partial charge in [-0.25, -0.2) is 4.79 Å². The summed E-state index contributed by atoms with van der Waals surface area (Å²) < 4.78 is 39.8. The van der Waals surface area contributed by atoms with Gasteiger partial charge in [0.1, 0.15) is 0 Å². The molecule has 0 spiro atoms. The zero-order valence-electron chi connectivity index (χ0n) is 18.0. The molecule has 0 fully saturated rings. The van der Waals surface area contributed by atoms with Crippen LogP contribution in [0.25, 0.3) is 11.0 Å². The molecule has 0 saturated heterocycles. The second-order valence-electron chi connectivity index (χ2n) is 8.74. The van der Waals surface area contributed by atoms with Crippen molar-refractivity contribution in [2.75, 3.05) is 0 Å². The highest BCUT2D eigenvalue weighted by molar-refractivity contribution is 5.97. The van der Waals surface area contributed by atoms with Crippen molar-refractivity contribution in [2.24, 2.45) is 5.41 Å². The number of hydrogen-bond acceptors (Lipinski definition) is 3. The van der Waals surface area contributed by atoms with Gasteiger partial charge in [-0.2, -0.15) is 13.2 Å². The van der Waals surface area contributed by atoms with E-state index in [2.05, 4.69) is 15.3 Å². The number of carbonyl (C=O) groups excluding carboxylic acids is 1. The lowest BCUT2D eigenvalue weighted by Gasteiger charge is -2.28. The highest BCUT2D eigenvalue weighted by atomic mass is 19.4. The number of alkyl halides is 3. The van der Waals surface area contributed by atoms with Crippen LogP contribution in [-0.2, 0) is 6.18 Å². The third kappa shape index (κ3) is 4.65. The summed E-state index contributed by atoms with van der Waals surface area (Å²) in [6.07, 6.45) is -3.72. The number of halogens is 3. The van der Waals surface area contributed by atoms with E-state index >= 15 is 0 Å². The molecule has 1 aromatic carbocycles. The highest BCUT2D eigenvalue weighted by Gasteiger charge is 2.31. The highest BCUT2D eigenvalue weighted by Crippen LogP contribution is 2.31. The molecule has 0 radical (unpaired) electrons. The third-order valence-electron chi connectivity index (χ3n) is 5.53. The summed E-state index contributed by atoms with van der Waals surface area (Å²) in [4.78, 5) is 31.9. The van der Waals surface area contributed by atoms with Crippen molar-refractivity contribution >= 4 is 16.9 Å². The maximum absolute atomic E-state index is 12.8. The van der Waals surface area contributed by atoms with E-state index in [0.29, 0.717) is 22.3 Å². The predicted molar refractivity (Wildman–Crippen MR) is 112 cm³/mol. The molecule has 1 amide bonds. The molecule has 6 nitrogen and oxygen atoms in total. The number of imidazole rings is 1. The number of H-pyrrole nitrogens is 1. The Balaban J connectivity index is 1.86. The molecule has 2 aromatic heterocycles. The molecule has 2 atom stereocenters. The maximum atomic E-state index is 12.8. The molecular weight excluding hydrogens is 409 g/mol. The predicted octanol–water partition coefficient (Wildman–Crippen LogP) is 4.84. The average molecular weight is 434 g/mol. The maximum Gasteiger partial charge on any atom is 0.417 e. The number of hydrogen-bond donors (Lipinski definition) is 2. The normalized spacial score (nSPS) is 14.5. The van der Waals surface area contributed by atoms with E-state index in [9.17, 15) is 22.8 Å². The topological polar surface area (TPSA) is 79.8 Å². The van der Waals surface area contributed by atoms with Crippen molar-refractivity contribution in [1.29, 1.82) is 0 Å². The number of aromatic nitrogens is 3. The van der Waals surface area contributed by atoms with Gasteiger partial charge in [0.15, 0.2) is 0 Å². The molecule has 0 aliphatic heterocycles. The summed E-state index contributed by atoms with van der Waals surface area (Å²) in [7, 11) is 0. The molecule has 31 heavy (non-hydrogen) atoms. The van der Waals surface area contributed by atoms with Crippen LogP contribution < -0.4 is 11.0 Å². The van der Waals surface area contributed by atoms with Gasteiger partial charge in [0.25, 0.3) is 5.91 Å². The van der Waals surface area contributed by atoms with Gasteiger partial charge in [0.05, 0.1) is 28.3 Å². The minimum absolute atomic E-state index is 0.123. The van der Waals surface area contributed by atoms with E-state index in [-0.39, 0.29) is 17.1 Å². The number of nitrogens with zero attached hydrogens (tertiary/aromatic N) is 2. The lowest BCUT2D eigenvalue weighted by atomic mass is 9.88. The number of benzene rings is 1. The first-order valence-electron chi connectivity index (χ1n) is 9.87. The van der Waals surface area contributed by atoms with Gasteiger partial charge < -0.3 is 10.3 Å². The monoisotopic (exact) mass is 434 g/mol. The van der Waals surface area contributed by atoms with Gasteiger partial charge in [-0.15, -0.1) is 0 Å². The molecule has 9 heteroatoms. The van der Waals surface area contributed by atoms with Crippen molar-refractivity contribution in [3.63, 3.8) is 0 Å². The smallest absolute Gasteiger partial charge is 0.344 e. The summed E-state index contributed by atoms with van der Waals surface area (Å²) in [6.45, 7) is 9.66. The Labute approximate surface area is 177 Å². The zero-order valence-corrected chi connectivity index (χ0v) is 18.0. The molecule has 0 unspecified atom stereocenters. The number of rotatable bonds is 4. The van der Waals surface area contributed by atoms with Crippen LogP contribution in [-0.4, -0.2) is 20.4 Å². The molecule has 0 aliphatic rings. The van der Waals surface area contributed by atoms with Crippen molar-refractivity contribution in [1.82, 2.24) is 19.9 Å². The fourth-order valence-electron chi connectivity index (χ4n) is 3.22. The number of fused-ring (bicyclic) bond motifs is 1. The fourth-order valence-corrected chi connectivity index (χ4v) is 3.22. The molecule has 2 N–H and O–H groups in total. The molecule has 3 aromatic rings. The Morgan fingerprint density at radius 3 is 2.35 bits per heavy atom. The van der Waals surface area contributed by atoms with Crippen molar-refractivity contribution < 1.29 is 18.0 Å². The van der Waals surface area contributed by atoms with E-state index in [1.807, 2.05) is 27.7 Å². The summed E-state index contributed by atoms with van der Waals surface area (Å²) in [5, 5.41) is 2.74. The van der Waals surface area contributed by atoms with Gasteiger partial charge in [-0.05, 0) is 49.6 Å². The molecule has 0 saturated carbocycles. The third-order valence-corrected chi connectivity index (χ3v) is 5.53. The first kappa shape index (κ1) is 22.6. The average Bonchev–Trinajstić information content (AvgIpc) is 3.00. The Kier molecular flexibility index (Phi) is 5.73. The Morgan fingerprint density at radius 2 is 1.81 bits per heavy atom. The van der Waals surface area contributed by atoms with Crippen LogP contribution in [0.5, 0.6) is 0 Å². The van der Waals surface area contributed by atoms with E-state index < -0.39 is 23.7 Å². The van der Waals surface area contributed by atoms with Crippen LogP contribution in [0, 0.1) is 5.41 Å². The second-order valence-corrected chi connectivity index (χ2v) is 8.74. The summed E-state index contributed by atoms with van der Waals surface area (Å²) in [6, 6.07) is 6.34. The first-order valence-corrected chi connectivity index (χ1v) is 9.87. The van der Waals surface area contributed by atoms with Crippen LogP contribution in [0.1, 0.15) is 68.3 Å². The van der Waals surface area contributed by atoms with E-state index in [1.165, 1.54) is 6.07 Å². The van der Waals surface area contributed by atoms with Gasteiger partial charge in [0.2, 0.25) is 0 Å². The Bertz CT molecular complexity index is 1150. The first-order chi connectivity index (χ1) is 14.3. The summed E-state index contributed by atoms with van der Waals surface area (Å²) >= 11 is 0. The number of pyridine rings is 1. The van der Waals surface area contributed by atoms with Crippen LogP contribution in [0.3, 0.4) is 0 Å². The number of aromatic amines is 1. The van der Waals surface area contributed by atoms with Crippen LogP contribution in [0.2, 0.25) is 0 Å². The second kappa shape index (κ2) is 7.86. The standard InChI is InChI=1S/C22H25F3N4O2/c1-12(16-9-7-15(11-26-16)22(23,24)25)27-19(30)14-6-8-17-18(10-14)29(20(31)28-17)13(2)21(3,4)5/h6-13H,1-5H3,(H,27,30)(H,28,31)/t12-,13+/m0/s1. The Morgan fingerprint density at radius 1 is 1.13 bits per heavy atom. The van der Waals surface area contributed by atoms with Crippen LogP contribution in [0.15, 0.2) is 41.3 Å². The van der Waals surface area contributed by atoms with Crippen molar-refractivity contribution in [3.05, 3.63) is 63.8 Å². The Hall–Kier alpha value is -3.10. The van der Waals surface area contributed by atoms with Gasteiger partial charge >= 0.3 is 11.9 Å². The van der Waals surface area contributed by atoms with Gasteiger partial charge in [-0.3, -0.25) is 14.3 Å². The fraction of sp³-hybridized carbons (Fsp3) is 0.409. The molecular formula is C22H25F3N4O2. The zero-order chi connectivity index (χ0) is 23.1. The molecule has 0 aliphatic carbocycles. The van der Waals surface area contributed by atoms with E-state index in [0.717, 1.165) is 12.3 Å². The minimum atomic E-state index is -4.47. The molecule has 3 rings (SSSR count). The van der Waals surface area contributed by atoms with Crippen LogP contribution >= 0.6 is 0 Å². The molecule has 166 valence electrons. The SMILES string of the molecule is C[C@H](NC(=O)c1ccc2[nH]c(=O)n([C@H](C)C(C)(C)C)c2c1)c1ccc(C(F)(F)F)cn1. The number of amides is 1. The van der Waals surface area contributed by atoms with Crippen LogP contribution in [0.4, 0.5) is 13.2 Å². The van der Waals surface area contributed by atoms with E-state index in [4.69, 9.17) is 0 Å². The minimum Gasteiger partial charge on any atom is -0.344 e. The summed E-state index contributed by atoms with van der Waals surface area (Å²) in [5.74, 6) is -0.417.